The summed E-state index contributed by atoms with van der Waals surface area (Å²) >= 11 is 0. The molecule has 0 aliphatic rings. The van der Waals surface area contributed by atoms with Gasteiger partial charge < -0.3 is 19.0 Å². The molecule has 1 aromatic heterocycles. The van der Waals surface area contributed by atoms with E-state index in [4.69, 9.17) is 19.0 Å². The molecule has 0 bridgehead atoms. The molecule has 0 amide bonds. The van der Waals surface area contributed by atoms with Crippen LogP contribution in [0, 0.1) is 6.92 Å². The molecule has 2 aromatic rings. The Morgan fingerprint density at radius 1 is 1.09 bits per heavy atom. The molecular formula is C19H24O4. The highest BCUT2D eigenvalue weighted by atomic mass is 16.5. The van der Waals surface area contributed by atoms with E-state index in [-0.39, 0.29) is 6.61 Å². The molecule has 0 unspecified atom stereocenters. The lowest BCUT2D eigenvalue weighted by molar-refractivity contribution is 0.285. The molecule has 4 heteroatoms. The van der Waals surface area contributed by atoms with Gasteiger partial charge in [0.05, 0.1) is 14.2 Å². The average Bonchev–Trinajstić information content (AvgIpc) is 3.00. The van der Waals surface area contributed by atoms with Gasteiger partial charge in [-0.1, -0.05) is 12.1 Å². The van der Waals surface area contributed by atoms with Crippen molar-refractivity contribution in [3.05, 3.63) is 53.5 Å². The normalized spacial score (nSPS) is 11.6. The van der Waals surface area contributed by atoms with Crippen molar-refractivity contribution in [3.63, 3.8) is 0 Å². The topological polar surface area (TPSA) is 51.8 Å². The van der Waals surface area contributed by atoms with Gasteiger partial charge in [-0.2, -0.15) is 0 Å². The van der Waals surface area contributed by atoms with Crippen LogP contribution in [-0.4, -0.2) is 25.9 Å². The molecule has 124 valence electrons. The fourth-order valence-electron chi connectivity index (χ4n) is 2.45. The zero-order valence-corrected chi connectivity index (χ0v) is 14.0. The number of rotatable bonds is 8. The van der Waals surface area contributed by atoms with Crippen LogP contribution in [0.3, 0.4) is 0 Å². The third-order valence-corrected chi connectivity index (χ3v) is 3.66. The third kappa shape index (κ3) is 4.39. The maximum absolute atomic E-state index is 8.93. The summed E-state index contributed by atoms with van der Waals surface area (Å²) in [5, 5.41) is 8.93. The largest absolute Gasteiger partial charge is 0.493 e. The van der Waals surface area contributed by atoms with E-state index in [1.807, 2.05) is 37.3 Å². The number of hydrogen-bond donors (Lipinski definition) is 1. The van der Waals surface area contributed by atoms with Gasteiger partial charge >= 0.3 is 0 Å². The van der Waals surface area contributed by atoms with E-state index in [0.717, 1.165) is 41.9 Å². The van der Waals surface area contributed by atoms with Crippen LogP contribution >= 0.6 is 0 Å². The fraction of sp³-hybridized carbons (Fsp3) is 0.368. The van der Waals surface area contributed by atoms with Crippen molar-refractivity contribution in [1.29, 1.82) is 0 Å². The van der Waals surface area contributed by atoms with Crippen molar-refractivity contribution in [1.82, 2.24) is 0 Å². The van der Waals surface area contributed by atoms with Crippen molar-refractivity contribution >= 4 is 5.57 Å². The molecule has 0 aliphatic heterocycles. The van der Waals surface area contributed by atoms with Crippen LogP contribution < -0.4 is 9.47 Å². The Morgan fingerprint density at radius 2 is 1.87 bits per heavy atom. The van der Waals surface area contributed by atoms with E-state index < -0.39 is 0 Å². The first-order valence-electron chi connectivity index (χ1n) is 7.79. The molecule has 2 rings (SSSR count). The molecule has 0 radical (unpaired) electrons. The average molecular weight is 316 g/mol. The second-order valence-electron chi connectivity index (χ2n) is 5.32. The molecule has 1 aromatic carbocycles. The summed E-state index contributed by atoms with van der Waals surface area (Å²) in [4.78, 5) is 0. The Kier molecular flexibility index (Phi) is 6.29. The first-order valence-corrected chi connectivity index (χ1v) is 7.79. The lowest BCUT2D eigenvalue weighted by atomic mass is 10.0. The van der Waals surface area contributed by atoms with Crippen LogP contribution in [0.2, 0.25) is 0 Å². The van der Waals surface area contributed by atoms with Gasteiger partial charge in [0.2, 0.25) is 0 Å². The first-order chi connectivity index (χ1) is 11.2. The predicted molar refractivity (Wildman–Crippen MR) is 91.0 cm³/mol. The highest BCUT2D eigenvalue weighted by Crippen LogP contribution is 2.33. The van der Waals surface area contributed by atoms with Crippen molar-refractivity contribution in [2.24, 2.45) is 0 Å². The van der Waals surface area contributed by atoms with E-state index in [1.54, 1.807) is 14.2 Å². The summed E-state index contributed by atoms with van der Waals surface area (Å²) in [5.74, 6) is 3.10. The van der Waals surface area contributed by atoms with Crippen LogP contribution in [0.5, 0.6) is 11.5 Å². The van der Waals surface area contributed by atoms with Gasteiger partial charge in [0.25, 0.3) is 0 Å². The second-order valence-corrected chi connectivity index (χ2v) is 5.32. The Hall–Kier alpha value is -2.20. The Labute approximate surface area is 137 Å². The highest BCUT2D eigenvalue weighted by Gasteiger charge is 2.12. The number of methoxy groups -OCH3 is 2. The molecule has 0 atom stereocenters. The van der Waals surface area contributed by atoms with Crippen LogP contribution in [0.4, 0.5) is 0 Å². The SMILES string of the molecule is COc1ccc(/C(=C\CCCCO)c2ccc(C)o2)cc1OC. The quantitative estimate of drug-likeness (QED) is 0.742. The Bertz CT molecular complexity index is 655. The van der Waals surface area contributed by atoms with Gasteiger partial charge in [-0.05, 0) is 56.0 Å². The minimum Gasteiger partial charge on any atom is -0.493 e. The second kappa shape index (κ2) is 8.44. The highest BCUT2D eigenvalue weighted by molar-refractivity contribution is 5.78. The standard InChI is InChI=1S/C19H24O4/c1-14-8-10-17(23-14)16(7-5-4-6-12-20)15-9-11-18(21-2)19(13-15)22-3/h7-11,13,20H,4-6,12H2,1-3H3/b16-7+. The van der Waals surface area contributed by atoms with Gasteiger partial charge in [-0.3, -0.25) is 0 Å². The summed E-state index contributed by atoms with van der Waals surface area (Å²) in [6.45, 7) is 2.15. The third-order valence-electron chi connectivity index (χ3n) is 3.66. The van der Waals surface area contributed by atoms with E-state index in [2.05, 4.69) is 6.08 Å². The van der Waals surface area contributed by atoms with Gasteiger partial charge in [0.15, 0.2) is 11.5 Å². The summed E-state index contributed by atoms with van der Waals surface area (Å²) in [7, 11) is 3.25. The van der Waals surface area contributed by atoms with E-state index in [9.17, 15) is 0 Å². The van der Waals surface area contributed by atoms with Crippen LogP contribution in [-0.2, 0) is 0 Å². The maximum atomic E-state index is 8.93. The molecule has 4 nitrogen and oxygen atoms in total. The van der Waals surface area contributed by atoms with Crippen molar-refractivity contribution < 1.29 is 19.0 Å². The molecule has 0 saturated carbocycles. The fourth-order valence-corrected chi connectivity index (χ4v) is 2.45. The van der Waals surface area contributed by atoms with Crippen LogP contribution in [0.15, 0.2) is 40.8 Å². The van der Waals surface area contributed by atoms with Crippen molar-refractivity contribution in [2.75, 3.05) is 20.8 Å². The van der Waals surface area contributed by atoms with Crippen LogP contribution in [0.1, 0.15) is 36.3 Å². The number of allylic oxidation sites excluding steroid dienone is 1. The lowest BCUT2D eigenvalue weighted by Gasteiger charge is -2.11. The number of furan rings is 1. The summed E-state index contributed by atoms with van der Waals surface area (Å²) < 4.78 is 16.5. The molecule has 1 N–H and O–H groups in total. The van der Waals surface area contributed by atoms with Crippen molar-refractivity contribution in [3.8, 4) is 11.5 Å². The molecule has 0 spiro atoms. The summed E-state index contributed by atoms with van der Waals surface area (Å²) in [6.07, 6.45) is 4.76. The maximum Gasteiger partial charge on any atom is 0.161 e. The molecule has 0 saturated heterocycles. The minimum atomic E-state index is 0.222. The Balaban J connectivity index is 2.36. The van der Waals surface area contributed by atoms with Crippen LogP contribution in [0.25, 0.3) is 5.57 Å². The molecule has 23 heavy (non-hydrogen) atoms. The number of aryl methyl sites for hydroxylation is 1. The van der Waals surface area contributed by atoms with E-state index >= 15 is 0 Å². The van der Waals surface area contributed by atoms with Gasteiger partial charge in [-0.25, -0.2) is 0 Å². The number of aliphatic hydroxyl groups excluding tert-OH is 1. The summed E-state index contributed by atoms with van der Waals surface area (Å²) in [5.41, 5.74) is 2.04. The molecule has 0 aliphatic carbocycles. The van der Waals surface area contributed by atoms with Gasteiger partial charge in [-0.15, -0.1) is 0 Å². The van der Waals surface area contributed by atoms with Gasteiger partial charge in [0.1, 0.15) is 11.5 Å². The first kappa shape index (κ1) is 17.2. The zero-order valence-electron chi connectivity index (χ0n) is 14.0. The lowest BCUT2D eigenvalue weighted by Crippen LogP contribution is -1.93. The predicted octanol–water partition coefficient (Wildman–Crippen LogP) is 4.20. The molecular weight excluding hydrogens is 292 g/mol. The number of ether oxygens (including phenoxy) is 2. The minimum absolute atomic E-state index is 0.222. The smallest absolute Gasteiger partial charge is 0.161 e. The summed E-state index contributed by atoms with van der Waals surface area (Å²) in [6, 6.07) is 9.78. The molecule has 0 fully saturated rings. The van der Waals surface area contributed by atoms with Crippen molar-refractivity contribution in [2.45, 2.75) is 26.2 Å². The van der Waals surface area contributed by atoms with E-state index in [1.165, 1.54) is 0 Å². The Morgan fingerprint density at radius 3 is 2.48 bits per heavy atom. The number of hydrogen-bond acceptors (Lipinski definition) is 4. The number of benzene rings is 1. The monoisotopic (exact) mass is 316 g/mol. The number of aliphatic hydroxyl groups is 1. The van der Waals surface area contributed by atoms with E-state index in [0.29, 0.717) is 11.5 Å². The molecule has 1 heterocycles. The van der Waals surface area contributed by atoms with Gasteiger partial charge in [0, 0.05) is 12.2 Å². The number of unbranched alkanes of at least 4 members (excludes halogenated alkanes) is 2. The zero-order chi connectivity index (χ0) is 16.7.